The van der Waals surface area contributed by atoms with E-state index in [1.54, 1.807) is 12.1 Å². The molecule has 3 nitrogen and oxygen atoms in total. The molecule has 0 saturated heterocycles. The third-order valence-corrected chi connectivity index (χ3v) is 4.11. The Balaban J connectivity index is 1.60. The van der Waals surface area contributed by atoms with E-state index >= 15 is 0 Å². The molecule has 0 unspecified atom stereocenters. The van der Waals surface area contributed by atoms with Crippen molar-refractivity contribution in [2.24, 2.45) is 0 Å². The third kappa shape index (κ3) is 5.49. The summed E-state index contributed by atoms with van der Waals surface area (Å²) in [6, 6.07) is 24.4. The van der Waals surface area contributed by atoms with Gasteiger partial charge in [0.15, 0.2) is 5.11 Å². The topological polar surface area (TPSA) is 33.3 Å². The van der Waals surface area contributed by atoms with Gasteiger partial charge < -0.3 is 15.4 Å². The zero-order chi connectivity index (χ0) is 19.1. The van der Waals surface area contributed by atoms with Gasteiger partial charge >= 0.3 is 6.61 Å². The van der Waals surface area contributed by atoms with Crippen LogP contribution in [0.25, 0.3) is 11.1 Å². The Morgan fingerprint density at radius 1 is 0.889 bits per heavy atom. The zero-order valence-corrected chi connectivity index (χ0v) is 15.2. The van der Waals surface area contributed by atoms with E-state index in [9.17, 15) is 8.78 Å². The van der Waals surface area contributed by atoms with Crippen LogP contribution in [0.1, 0.15) is 5.56 Å². The van der Waals surface area contributed by atoms with Crippen molar-refractivity contribution in [1.82, 2.24) is 5.32 Å². The van der Waals surface area contributed by atoms with Crippen LogP contribution in [-0.2, 0) is 6.54 Å². The van der Waals surface area contributed by atoms with Crippen LogP contribution in [0, 0.1) is 0 Å². The third-order valence-electron chi connectivity index (χ3n) is 3.86. The predicted octanol–water partition coefficient (Wildman–Crippen LogP) is 5.44. The molecule has 0 amide bonds. The second kappa shape index (κ2) is 9.09. The van der Waals surface area contributed by atoms with Crippen molar-refractivity contribution >= 4 is 23.0 Å². The van der Waals surface area contributed by atoms with Crippen LogP contribution in [0.5, 0.6) is 5.75 Å². The Bertz CT molecular complexity index is 886. The van der Waals surface area contributed by atoms with Gasteiger partial charge in [0.05, 0.1) is 0 Å². The minimum atomic E-state index is -2.82. The molecule has 138 valence electrons. The SMILES string of the molecule is FC(F)Oc1ccc(CNC(=S)Nc2ccccc2-c2ccccc2)cc1. The molecule has 2 N–H and O–H groups in total. The molecule has 3 aromatic carbocycles. The number of para-hydroxylation sites is 1. The summed E-state index contributed by atoms with van der Waals surface area (Å²) < 4.78 is 28.7. The van der Waals surface area contributed by atoms with Crippen LogP contribution < -0.4 is 15.4 Å². The number of anilines is 1. The second-order valence-electron chi connectivity index (χ2n) is 5.74. The minimum Gasteiger partial charge on any atom is -0.435 e. The average Bonchev–Trinajstić information content (AvgIpc) is 2.68. The summed E-state index contributed by atoms with van der Waals surface area (Å²) in [5.41, 5.74) is 3.95. The number of nitrogens with one attached hydrogen (secondary N) is 2. The average molecular weight is 384 g/mol. The van der Waals surface area contributed by atoms with Crippen LogP contribution in [0.3, 0.4) is 0 Å². The highest BCUT2D eigenvalue weighted by atomic mass is 32.1. The van der Waals surface area contributed by atoms with Crippen LogP contribution in [0.15, 0.2) is 78.9 Å². The monoisotopic (exact) mass is 384 g/mol. The first-order chi connectivity index (χ1) is 13.1. The van der Waals surface area contributed by atoms with Gasteiger partial charge in [-0.15, -0.1) is 0 Å². The van der Waals surface area contributed by atoms with E-state index in [1.165, 1.54) is 12.1 Å². The molecule has 0 aromatic heterocycles. The van der Waals surface area contributed by atoms with Crippen molar-refractivity contribution in [2.45, 2.75) is 13.2 Å². The van der Waals surface area contributed by atoms with E-state index in [-0.39, 0.29) is 5.75 Å². The molecular weight excluding hydrogens is 366 g/mol. The van der Waals surface area contributed by atoms with E-state index in [2.05, 4.69) is 15.4 Å². The molecule has 6 heteroatoms. The van der Waals surface area contributed by atoms with Gasteiger partial charge in [-0.3, -0.25) is 0 Å². The number of benzene rings is 3. The van der Waals surface area contributed by atoms with Gasteiger partial charge in [0.25, 0.3) is 0 Å². The Morgan fingerprint density at radius 2 is 1.56 bits per heavy atom. The van der Waals surface area contributed by atoms with E-state index in [0.29, 0.717) is 11.7 Å². The first kappa shape index (κ1) is 18.8. The summed E-state index contributed by atoms with van der Waals surface area (Å²) in [5, 5.41) is 6.81. The van der Waals surface area contributed by atoms with Crippen molar-refractivity contribution < 1.29 is 13.5 Å². The Kier molecular flexibility index (Phi) is 6.33. The largest absolute Gasteiger partial charge is 0.435 e. The highest BCUT2D eigenvalue weighted by Crippen LogP contribution is 2.27. The molecule has 0 radical (unpaired) electrons. The molecule has 0 heterocycles. The first-order valence-corrected chi connectivity index (χ1v) is 8.76. The van der Waals surface area contributed by atoms with Gasteiger partial charge in [0, 0.05) is 17.8 Å². The first-order valence-electron chi connectivity index (χ1n) is 8.35. The minimum absolute atomic E-state index is 0.131. The Labute approximate surface area is 162 Å². The summed E-state index contributed by atoms with van der Waals surface area (Å²) in [6.45, 7) is -2.36. The number of halogens is 2. The number of thiocarbonyl (C=S) groups is 1. The molecule has 3 rings (SSSR count). The summed E-state index contributed by atoms with van der Waals surface area (Å²) in [6.07, 6.45) is 0. The van der Waals surface area contributed by atoms with Gasteiger partial charge in [-0.1, -0.05) is 60.7 Å². The summed E-state index contributed by atoms with van der Waals surface area (Å²) in [4.78, 5) is 0. The fourth-order valence-electron chi connectivity index (χ4n) is 2.60. The number of hydrogen-bond donors (Lipinski definition) is 2. The van der Waals surface area contributed by atoms with Gasteiger partial charge in [0.2, 0.25) is 0 Å². The molecule has 0 atom stereocenters. The maximum Gasteiger partial charge on any atom is 0.387 e. The lowest BCUT2D eigenvalue weighted by atomic mass is 10.0. The molecule has 3 aromatic rings. The lowest BCUT2D eigenvalue weighted by Crippen LogP contribution is -2.28. The highest BCUT2D eigenvalue weighted by molar-refractivity contribution is 7.80. The maximum absolute atomic E-state index is 12.2. The molecule has 0 fully saturated rings. The van der Waals surface area contributed by atoms with Gasteiger partial charge in [-0.2, -0.15) is 8.78 Å². The molecule has 0 saturated carbocycles. The molecule has 0 aliphatic heterocycles. The number of ether oxygens (including phenoxy) is 1. The van der Waals surface area contributed by atoms with Crippen molar-refractivity contribution in [1.29, 1.82) is 0 Å². The molecule has 0 aliphatic carbocycles. The van der Waals surface area contributed by atoms with E-state index in [1.807, 2.05) is 54.6 Å². The summed E-state index contributed by atoms with van der Waals surface area (Å²) >= 11 is 5.38. The number of hydrogen-bond acceptors (Lipinski definition) is 2. The quantitative estimate of drug-likeness (QED) is 0.555. The number of rotatable bonds is 6. The van der Waals surface area contributed by atoms with Crippen LogP contribution >= 0.6 is 12.2 Å². The lowest BCUT2D eigenvalue weighted by Gasteiger charge is -2.14. The van der Waals surface area contributed by atoms with Crippen molar-refractivity contribution in [3.63, 3.8) is 0 Å². The second-order valence-corrected chi connectivity index (χ2v) is 6.15. The van der Waals surface area contributed by atoms with Gasteiger partial charge in [-0.25, -0.2) is 0 Å². The highest BCUT2D eigenvalue weighted by Gasteiger charge is 2.07. The van der Waals surface area contributed by atoms with Crippen LogP contribution in [0.2, 0.25) is 0 Å². The summed E-state index contributed by atoms with van der Waals surface area (Å²) in [5.74, 6) is 0.131. The van der Waals surface area contributed by atoms with Gasteiger partial charge in [0.1, 0.15) is 5.75 Å². The van der Waals surface area contributed by atoms with Crippen LogP contribution in [-0.4, -0.2) is 11.7 Å². The molecule has 0 aliphatic rings. The smallest absolute Gasteiger partial charge is 0.387 e. The zero-order valence-electron chi connectivity index (χ0n) is 14.4. The van der Waals surface area contributed by atoms with Gasteiger partial charge in [-0.05, 0) is 41.5 Å². The predicted molar refractivity (Wildman–Crippen MR) is 108 cm³/mol. The van der Waals surface area contributed by atoms with Crippen molar-refractivity contribution in [2.75, 3.05) is 5.32 Å². The van der Waals surface area contributed by atoms with Crippen molar-refractivity contribution in [3.05, 3.63) is 84.4 Å². The molecular formula is C21H18F2N2OS. The Hall–Kier alpha value is -2.99. The molecule has 0 bridgehead atoms. The van der Waals surface area contributed by atoms with Crippen molar-refractivity contribution in [3.8, 4) is 16.9 Å². The Morgan fingerprint density at radius 3 is 2.26 bits per heavy atom. The summed E-state index contributed by atoms with van der Waals surface area (Å²) in [7, 11) is 0. The fourth-order valence-corrected chi connectivity index (χ4v) is 2.78. The van der Waals surface area contributed by atoms with E-state index in [4.69, 9.17) is 12.2 Å². The molecule has 0 spiro atoms. The van der Waals surface area contributed by atoms with E-state index < -0.39 is 6.61 Å². The fraction of sp³-hybridized carbons (Fsp3) is 0.0952. The normalized spacial score (nSPS) is 10.5. The molecule has 27 heavy (non-hydrogen) atoms. The van der Waals surface area contributed by atoms with Crippen LogP contribution in [0.4, 0.5) is 14.5 Å². The van der Waals surface area contributed by atoms with E-state index in [0.717, 1.165) is 22.4 Å². The standard InChI is InChI=1S/C21H18F2N2OS/c22-20(23)26-17-12-10-15(11-13-17)14-24-21(27)25-19-9-5-4-8-18(19)16-6-2-1-3-7-16/h1-13,20H,14H2,(H2,24,25,27). The lowest BCUT2D eigenvalue weighted by molar-refractivity contribution is -0.0498. The maximum atomic E-state index is 12.2. The number of alkyl halides is 2.